The number of aliphatic hydroxyl groups is 2. The van der Waals surface area contributed by atoms with Gasteiger partial charge in [-0.25, -0.2) is 0 Å². The Morgan fingerprint density at radius 1 is 1.24 bits per heavy atom. The molecule has 34 heavy (non-hydrogen) atoms. The number of hydrogen-bond donors (Lipinski definition) is 3. The fourth-order valence-corrected chi connectivity index (χ4v) is 5.21. The number of phenolic OH excluding ortho intramolecular Hbond substituents is 1. The summed E-state index contributed by atoms with van der Waals surface area (Å²) < 4.78 is 16.7. The smallest absolute Gasteiger partial charge is 0.303 e. The fraction of sp³-hybridized carbons (Fsp3) is 0.667. The van der Waals surface area contributed by atoms with Crippen LogP contribution in [0.4, 0.5) is 0 Å². The van der Waals surface area contributed by atoms with Gasteiger partial charge >= 0.3 is 5.97 Å². The van der Waals surface area contributed by atoms with Gasteiger partial charge in [-0.3, -0.25) is 4.79 Å². The summed E-state index contributed by atoms with van der Waals surface area (Å²) in [6, 6.07) is 2.07. The summed E-state index contributed by atoms with van der Waals surface area (Å²) >= 11 is 0. The van der Waals surface area contributed by atoms with Crippen molar-refractivity contribution in [2.45, 2.75) is 104 Å². The van der Waals surface area contributed by atoms with Crippen molar-refractivity contribution >= 4 is 5.97 Å². The first-order chi connectivity index (χ1) is 16.0. The van der Waals surface area contributed by atoms with Gasteiger partial charge in [-0.05, 0) is 75.3 Å². The molecule has 7 heteroatoms. The SMILES string of the molecule is CC(=O)O[C@@H]1COC(Oc2c(O)c(C)cc3c2[C@@H](C)CC[C@@H]3[C@@H](C)CCC=C(C)C)[C@@H](O)[C@H]1O. The Kier molecular flexibility index (Phi) is 8.66. The van der Waals surface area contributed by atoms with E-state index in [4.69, 9.17) is 14.2 Å². The minimum Gasteiger partial charge on any atom is -0.504 e. The van der Waals surface area contributed by atoms with Crippen molar-refractivity contribution in [3.8, 4) is 11.5 Å². The van der Waals surface area contributed by atoms with Gasteiger partial charge in [-0.15, -0.1) is 0 Å². The van der Waals surface area contributed by atoms with Crippen molar-refractivity contribution in [2.24, 2.45) is 5.92 Å². The second kappa shape index (κ2) is 11.1. The Labute approximate surface area is 202 Å². The van der Waals surface area contributed by atoms with Crippen molar-refractivity contribution < 1.29 is 34.3 Å². The van der Waals surface area contributed by atoms with Crippen LogP contribution >= 0.6 is 0 Å². The first kappa shape index (κ1) is 26.5. The molecule has 0 spiro atoms. The van der Waals surface area contributed by atoms with Gasteiger partial charge in [-0.1, -0.05) is 31.6 Å². The van der Waals surface area contributed by atoms with Gasteiger partial charge in [0.1, 0.15) is 12.2 Å². The summed E-state index contributed by atoms with van der Waals surface area (Å²) in [6.45, 7) is 11.6. The van der Waals surface area contributed by atoms with E-state index in [-0.39, 0.29) is 18.3 Å². The summed E-state index contributed by atoms with van der Waals surface area (Å²) in [7, 11) is 0. The highest BCUT2D eigenvalue weighted by Gasteiger charge is 2.43. The lowest BCUT2D eigenvalue weighted by atomic mass is 9.70. The fourth-order valence-electron chi connectivity index (χ4n) is 5.21. The van der Waals surface area contributed by atoms with E-state index < -0.39 is 30.6 Å². The molecule has 1 aliphatic carbocycles. The molecule has 1 fully saturated rings. The Balaban J connectivity index is 1.89. The number of aromatic hydroxyl groups is 1. The Hall–Kier alpha value is -2.09. The van der Waals surface area contributed by atoms with Gasteiger partial charge in [0.15, 0.2) is 17.6 Å². The Bertz CT molecular complexity index is 905. The maximum Gasteiger partial charge on any atom is 0.303 e. The highest BCUT2D eigenvalue weighted by Crippen LogP contribution is 2.51. The maximum atomic E-state index is 11.3. The molecule has 190 valence electrons. The zero-order valence-corrected chi connectivity index (χ0v) is 21.2. The van der Waals surface area contributed by atoms with Crippen molar-refractivity contribution in [3.05, 3.63) is 34.4 Å². The van der Waals surface area contributed by atoms with Crippen LogP contribution in [0.3, 0.4) is 0 Å². The molecule has 0 radical (unpaired) electrons. The molecule has 0 aromatic heterocycles. The highest BCUT2D eigenvalue weighted by atomic mass is 16.7. The molecule has 0 amide bonds. The van der Waals surface area contributed by atoms with Crippen LogP contribution in [0.5, 0.6) is 11.5 Å². The van der Waals surface area contributed by atoms with E-state index in [9.17, 15) is 20.1 Å². The van der Waals surface area contributed by atoms with Gasteiger partial charge in [-0.2, -0.15) is 0 Å². The number of aliphatic hydroxyl groups excluding tert-OH is 2. The van der Waals surface area contributed by atoms with Gasteiger partial charge in [0, 0.05) is 12.5 Å². The van der Waals surface area contributed by atoms with E-state index in [1.807, 2.05) is 6.92 Å². The Morgan fingerprint density at radius 2 is 1.94 bits per heavy atom. The lowest BCUT2D eigenvalue weighted by Gasteiger charge is -2.39. The van der Waals surface area contributed by atoms with Crippen LogP contribution in [-0.4, -0.2) is 52.5 Å². The van der Waals surface area contributed by atoms with Gasteiger partial charge in [0.25, 0.3) is 0 Å². The number of rotatable bonds is 7. The third-order valence-corrected chi connectivity index (χ3v) is 7.17. The Morgan fingerprint density at radius 3 is 2.59 bits per heavy atom. The number of allylic oxidation sites excluding steroid dienone is 2. The minimum absolute atomic E-state index is 0.0239. The van der Waals surface area contributed by atoms with Gasteiger partial charge in [0.05, 0.1) is 6.61 Å². The van der Waals surface area contributed by atoms with Crippen molar-refractivity contribution in [1.29, 1.82) is 0 Å². The van der Waals surface area contributed by atoms with E-state index in [0.29, 0.717) is 23.1 Å². The second-order valence-corrected chi connectivity index (χ2v) is 10.2. The monoisotopic (exact) mass is 476 g/mol. The van der Waals surface area contributed by atoms with Crippen molar-refractivity contribution in [2.75, 3.05) is 6.61 Å². The maximum absolute atomic E-state index is 11.3. The molecule has 3 N–H and O–H groups in total. The minimum atomic E-state index is -1.44. The normalized spacial score (nSPS) is 29.6. The predicted octanol–water partition coefficient (Wildman–Crippen LogP) is 4.45. The van der Waals surface area contributed by atoms with E-state index >= 15 is 0 Å². The first-order valence-electron chi connectivity index (χ1n) is 12.3. The van der Waals surface area contributed by atoms with Gasteiger partial charge < -0.3 is 29.5 Å². The zero-order valence-electron chi connectivity index (χ0n) is 21.2. The highest BCUT2D eigenvalue weighted by molar-refractivity contribution is 5.66. The molecule has 1 aromatic carbocycles. The molecule has 1 aromatic rings. The largest absolute Gasteiger partial charge is 0.504 e. The molecule has 2 aliphatic rings. The molecule has 1 saturated heterocycles. The molecular formula is C27H40O7. The topological polar surface area (TPSA) is 105 Å². The predicted molar refractivity (Wildman–Crippen MR) is 129 cm³/mol. The van der Waals surface area contributed by atoms with Crippen LogP contribution in [0, 0.1) is 12.8 Å². The molecular weight excluding hydrogens is 436 g/mol. The van der Waals surface area contributed by atoms with E-state index in [1.54, 1.807) is 0 Å². The number of phenols is 1. The molecule has 1 unspecified atom stereocenters. The lowest BCUT2D eigenvalue weighted by molar-refractivity contribution is -0.248. The number of carbonyl (C=O) groups excluding carboxylic acids is 1. The van der Waals surface area contributed by atoms with Crippen LogP contribution in [-0.2, 0) is 14.3 Å². The summed E-state index contributed by atoms with van der Waals surface area (Å²) in [5.41, 5.74) is 4.15. The summed E-state index contributed by atoms with van der Waals surface area (Å²) in [4.78, 5) is 11.3. The number of hydrogen-bond acceptors (Lipinski definition) is 7. The lowest BCUT2D eigenvalue weighted by Crippen LogP contribution is -2.56. The molecule has 0 saturated carbocycles. The molecule has 7 atom stereocenters. The average molecular weight is 477 g/mol. The quantitative estimate of drug-likeness (QED) is 0.394. The van der Waals surface area contributed by atoms with E-state index in [0.717, 1.165) is 31.2 Å². The standard InChI is InChI=1S/C27H40O7/c1-14(2)8-7-9-15(3)19-11-10-16(4)22-20(19)12-17(5)23(29)26(22)34-27-25(31)24(30)21(13-32-27)33-18(6)28/h8,12,15-16,19,21,24-25,27,29-31H,7,9-11,13H2,1-6H3/t15-,16-,19+,21+,24-,25-,27?/m0/s1. The zero-order chi connectivity index (χ0) is 25.2. The van der Waals surface area contributed by atoms with Crippen LogP contribution in [0.2, 0.25) is 0 Å². The second-order valence-electron chi connectivity index (χ2n) is 10.2. The van der Waals surface area contributed by atoms with Crippen molar-refractivity contribution in [1.82, 2.24) is 0 Å². The van der Waals surface area contributed by atoms with Crippen molar-refractivity contribution in [3.63, 3.8) is 0 Å². The van der Waals surface area contributed by atoms with Crippen LogP contribution in [0.25, 0.3) is 0 Å². The van der Waals surface area contributed by atoms with Crippen LogP contribution < -0.4 is 4.74 Å². The number of carbonyl (C=O) groups is 1. The average Bonchev–Trinajstić information content (AvgIpc) is 2.75. The van der Waals surface area contributed by atoms with Crippen LogP contribution in [0.15, 0.2) is 17.7 Å². The number of aryl methyl sites for hydroxylation is 1. The summed E-state index contributed by atoms with van der Waals surface area (Å²) in [6.07, 6.45) is 1.46. The number of fused-ring (bicyclic) bond motifs is 1. The van der Waals surface area contributed by atoms with Crippen LogP contribution in [0.1, 0.15) is 88.8 Å². The number of ether oxygens (including phenoxy) is 3. The molecule has 7 nitrogen and oxygen atoms in total. The third kappa shape index (κ3) is 5.75. The van der Waals surface area contributed by atoms with E-state index in [1.165, 1.54) is 18.1 Å². The third-order valence-electron chi connectivity index (χ3n) is 7.17. The van der Waals surface area contributed by atoms with Gasteiger partial charge in [0.2, 0.25) is 6.29 Å². The summed E-state index contributed by atoms with van der Waals surface area (Å²) in [5, 5.41) is 32.0. The first-order valence-corrected chi connectivity index (χ1v) is 12.3. The number of esters is 1. The summed E-state index contributed by atoms with van der Waals surface area (Å²) in [5.74, 6) is 0.734. The molecule has 1 heterocycles. The molecule has 0 bridgehead atoms. The number of benzene rings is 1. The van der Waals surface area contributed by atoms with E-state index in [2.05, 4.69) is 39.8 Å². The molecule has 3 rings (SSSR count). The molecule has 1 aliphatic heterocycles.